The summed E-state index contributed by atoms with van der Waals surface area (Å²) in [4.78, 5) is 0. The predicted octanol–water partition coefficient (Wildman–Crippen LogP) is 3.30. The van der Waals surface area contributed by atoms with E-state index in [1.165, 1.54) is 16.8 Å². The van der Waals surface area contributed by atoms with Crippen molar-refractivity contribution in [2.75, 3.05) is 0 Å². The standard InChI is InChI=1S/C14H18N2/c1-14(2,3)12-10-15-16-13(12)9-11-7-5-4-6-8-11/h4-8,10H,9H2,1-3H3,(H,15,16). The lowest BCUT2D eigenvalue weighted by Crippen LogP contribution is -2.13. The smallest absolute Gasteiger partial charge is 0.0527 e. The Morgan fingerprint density at radius 3 is 2.44 bits per heavy atom. The maximum absolute atomic E-state index is 4.16. The van der Waals surface area contributed by atoms with Crippen molar-refractivity contribution in [3.63, 3.8) is 0 Å². The van der Waals surface area contributed by atoms with Gasteiger partial charge in [0.15, 0.2) is 0 Å². The summed E-state index contributed by atoms with van der Waals surface area (Å²) in [5.74, 6) is 0. The molecule has 0 fully saturated rings. The van der Waals surface area contributed by atoms with Gasteiger partial charge in [0.25, 0.3) is 0 Å². The predicted molar refractivity (Wildman–Crippen MR) is 66.5 cm³/mol. The van der Waals surface area contributed by atoms with Crippen molar-refractivity contribution in [2.24, 2.45) is 0 Å². The van der Waals surface area contributed by atoms with Crippen LogP contribution in [0.1, 0.15) is 37.6 Å². The van der Waals surface area contributed by atoms with Crippen LogP contribution in [-0.2, 0) is 11.8 Å². The highest BCUT2D eigenvalue weighted by atomic mass is 15.1. The minimum absolute atomic E-state index is 0.150. The van der Waals surface area contributed by atoms with Crippen LogP contribution in [0.2, 0.25) is 0 Å². The number of nitrogens with zero attached hydrogens (tertiary/aromatic N) is 1. The van der Waals surface area contributed by atoms with E-state index < -0.39 is 0 Å². The van der Waals surface area contributed by atoms with Crippen molar-refractivity contribution in [1.29, 1.82) is 0 Å². The number of H-pyrrole nitrogens is 1. The zero-order valence-electron chi connectivity index (χ0n) is 10.1. The van der Waals surface area contributed by atoms with Gasteiger partial charge in [-0.1, -0.05) is 51.1 Å². The molecule has 2 heteroatoms. The number of hydrogen-bond acceptors (Lipinski definition) is 1. The number of aromatic amines is 1. The summed E-state index contributed by atoms with van der Waals surface area (Å²) < 4.78 is 0. The van der Waals surface area contributed by atoms with E-state index in [4.69, 9.17) is 0 Å². The first-order valence-corrected chi connectivity index (χ1v) is 5.64. The first-order valence-electron chi connectivity index (χ1n) is 5.64. The van der Waals surface area contributed by atoms with Gasteiger partial charge >= 0.3 is 0 Å². The van der Waals surface area contributed by atoms with E-state index in [-0.39, 0.29) is 5.41 Å². The first-order chi connectivity index (χ1) is 7.57. The Kier molecular flexibility index (Phi) is 2.82. The number of aromatic nitrogens is 2. The number of hydrogen-bond donors (Lipinski definition) is 1. The second kappa shape index (κ2) is 4.12. The Morgan fingerprint density at radius 1 is 1.12 bits per heavy atom. The van der Waals surface area contributed by atoms with Crippen LogP contribution in [0.3, 0.4) is 0 Å². The van der Waals surface area contributed by atoms with Crippen molar-refractivity contribution in [3.05, 3.63) is 53.3 Å². The molecule has 1 aromatic carbocycles. The minimum Gasteiger partial charge on any atom is -0.282 e. The van der Waals surface area contributed by atoms with E-state index in [1.807, 2.05) is 12.3 Å². The number of rotatable bonds is 2. The molecule has 0 saturated heterocycles. The second-order valence-electron chi connectivity index (χ2n) is 5.17. The Bertz CT molecular complexity index is 449. The molecule has 0 spiro atoms. The summed E-state index contributed by atoms with van der Waals surface area (Å²) in [6.45, 7) is 6.64. The van der Waals surface area contributed by atoms with Crippen LogP contribution in [0.25, 0.3) is 0 Å². The molecule has 0 bridgehead atoms. The van der Waals surface area contributed by atoms with Crippen LogP contribution >= 0.6 is 0 Å². The highest BCUT2D eigenvalue weighted by Gasteiger charge is 2.19. The maximum Gasteiger partial charge on any atom is 0.0527 e. The molecule has 16 heavy (non-hydrogen) atoms. The molecule has 1 heterocycles. The van der Waals surface area contributed by atoms with E-state index in [1.54, 1.807) is 0 Å². The van der Waals surface area contributed by atoms with Crippen molar-refractivity contribution in [3.8, 4) is 0 Å². The third kappa shape index (κ3) is 2.32. The molecule has 1 N–H and O–H groups in total. The van der Waals surface area contributed by atoms with Crippen LogP contribution in [-0.4, -0.2) is 10.2 Å². The van der Waals surface area contributed by atoms with E-state index in [9.17, 15) is 0 Å². The van der Waals surface area contributed by atoms with E-state index in [0.29, 0.717) is 0 Å². The molecule has 0 aliphatic rings. The van der Waals surface area contributed by atoms with Crippen molar-refractivity contribution in [1.82, 2.24) is 10.2 Å². The first kappa shape index (κ1) is 10.9. The number of nitrogens with one attached hydrogen (secondary N) is 1. The summed E-state index contributed by atoms with van der Waals surface area (Å²) >= 11 is 0. The van der Waals surface area contributed by atoms with Gasteiger partial charge in [-0.15, -0.1) is 0 Å². The normalized spacial score (nSPS) is 11.7. The summed E-state index contributed by atoms with van der Waals surface area (Å²) in [6.07, 6.45) is 2.87. The van der Waals surface area contributed by atoms with Crippen molar-refractivity contribution in [2.45, 2.75) is 32.6 Å². The summed E-state index contributed by atoms with van der Waals surface area (Å²) in [5.41, 5.74) is 3.99. The molecular formula is C14H18N2. The largest absolute Gasteiger partial charge is 0.282 e. The Balaban J connectivity index is 2.26. The monoisotopic (exact) mass is 214 g/mol. The molecule has 2 nitrogen and oxygen atoms in total. The lowest BCUT2D eigenvalue weighted by atomic mass is 9.86. The molecule has 2 rings (SSSR count). The van der Waals surface area contributed by atoms with Crippen LogP contribution in [0.15, 0.2) is 36.5 Å². The van der Waals surface area contributed by atoms with E-state index >= 15 is 0 Å². The third-order valence-electron chi connectivity index (χ3n) is 2.75. The second-order valence-corrected chi connectivity index (χ2v) is 5.17. The lowest BCUT2D eigenvalue weighted by Gasteiger charge is -2.18. The quantitative estimate of drug-likeness (QED) is 0.816. The minimum atomic E-state index is 0.150. The highest BCUT2D eigenvalue weighted by Crippen LogP contribution is 2.25. The van der Waals surface area contributed by atoms with Crippen LogP contribution in [0.4, 0.5) is 0 Å². The fourth-order valence-electron chi connectivity index (χ4n) is 1.89. The van der Waals surface area contributed by atoms with Crippen LogP contribution in [0.5, 0.6) is 0 Å². The Morgan fingerprint density at radius 2 is 1.81 bits per heavy atom. The zero-order valence-corrected chi connectivity index (χ0v) is 10.1. The van der Waals surface area contributed by atoms with Gasteiger partial charge in [0.05, 0.1) is 6.20 Å². The molecule has 0 saturated carbocycles. The van der Waals surface area contributed by atoms with Gasteiger partial charge in [0, 0.05) is 12.1 Å². The summed E-state index contributed by atoms with van der Waals surface area (Å²) in [7, 11) is 0. The van der Waals surface area contributed by atoms with Gasteiger partial charge in [-0.3, -0.25) is 5.10 Å². The average Bonchev–Trinajstić information content (AvgIpc) is 2.67. The lowest BCUT2D eigenvalue weighted by molar-refractivity contribution is 0.584. The Labute approximate surface area is 96.7 Å². The Hall–Kier alpha value is -1.57. The van der Waals surface area contributed by atoms with Crippen molar-refractivity contribution < 1.29 is 0 Å². The topological polar surface area (TPSA) is 28.7 Å². The van der Waals surface area contributed by atoms with Crippen LogP contribution < -0.4 is 0 Å². The molecular weight excluding hydrogens is 196 g/mol. The third-order valence-corrected chi connectivity index (χ3v) is 2.75. The summed E-state index contributed by atoms with van der Waals surface area (Å²) in [5, 5.41) is 7.27. The highest BCUT2D eigenvalue weighted by molar-refractivity contribution is 5.30. The fraction of sp³-hybridized carbons (Fsp3) is 0.357. The van der Waals surface area contributed by atoms with Gasteiger partial charge in [-0.05, 0) is 16.5 Å². The van der Waals surface area contributed by atoms with Gasteiger partial charge in [-0.25, -0.2) is 0 Å². The molecule has 0 amide bonds. The van der Waals surface area contributed by atoms with Crippen molar-refractivity contribution >= 4 is 0 Å². The zero-order chi connectivity index (χ0) is 11.6. The SMILES string of the molecule is CC(C)(C)c1cn[nH]c1Cc1ccccc1. The van der Waals surface area contributed by atoms with E-state index in [2.05, 4.69) is 55.2 Å². The summed E-state index contributed by atoms with van der Waals surface area (Å²) in [6, 6.07) is 10.5. The molecule has 1 aromatic heterocycles. The molecule has 0 aliphatic heterocycles. The van der Waals surface area contributed by atoms with Gasteiger partial charge in [0.1, 0.15) is 0 Å². The molecule has 0 unspecified atom stereocenters. The molecule has 0 aliphatic carbocycles. The molecule has 0 atom stereocenters. The fourth-order valence-corrected chi connectivity index (χ4v) is 1.89. The maximum atomic E-state index is 4.16. The van der Waals surface area contributed by atoms with Gasteiger partial charge in [0.2, 0.25) is 0 Å². The van der Waals surface area contributed by atoms with Crippen LogP contribution in [0, 0.1) is 0 Å². The van der Waals surface area contributed by atoms with Gasteiger partial charge in [-0.2, -0.15) is 5.10 Å². The van der Waals surface area contributed by atoms with E-state index in [0.717, 1.165) is 6.42 Å². The number of benzene rings is 1. The average molecular weight is 214 g/mol. The molecule has 84 valence electrons. The molecule has 0 radical (unpaired) electrons. The molecule has 2 aromatic rings. The van der Waals surface area contributed by atoms with Gasteiger partial charge < -0.3 is 0 Å².